The monoisotopic (exact) mass is 198 g/mol. The van der Waals surface area contributed by atoms with Crippen LogP contribution in [0, 0.1) is 11.8 Å². The van der Waals surface area contributed by atoms with Gasteiger partial charge >= 0.3 is 5.97 Å². The fourth-order valence-corrected chi connectivity index (χ4v) is 1.44. The van der Waals surface area contributed by atoms with Gasteiger partial charge in [-0.3, -0.25) is 4.79 Å². The molecule has 0 heterocycles. The number of ether oxygens (including phenoxy) is 1. The summed E-state index contributed by atoms with van der Waals surface area (Å²) in [6.07, 6.45) is 4.29. The fourth-order valence-electron chi connectivity index (χ4n) is 1.44. The van der Waals surface area contributed by atoms with Crippen LogP contribution in [0.5, 0.6) is 0 Å². The molecule has 2 unspecified atom stereocenters. The van der Waals surface area contributed by atoms with Crippen LogP contribution in [-0.4, -0.2) is 23.8 Å². The first-order chi connectivity index (χ1) is 6.58. The number of aliphatic hydroxyl groups is 1. The molecule has 1 aliphatic rings. The molecule has 1 aliphatic carbocycles. The molecule has 80 valence electrons. The summed E-state index contributed by atoms with van der Waals surface area (Å²) in [5.74, 6) is 0.371. The normalized spacial score (nSPS) is 25.7. The summed E-state index contributed by atoms with van der Waals surface area (Å²) < 4.78 is 5.05. The lowest BCUT2D eigenvalue weighted by atomic mass is 10.1. The van der Waals surface area contributed by atoms with Crippen molar-refractivity contribution in [2.45, 2.75) is 32.8 Å². The third-order valence-corrected chi connectivity index (χ3v) is 2.16. The molecule has 3 nitrogen and oxygen atoms in total. The predicted octanol–water partition coefficient (Wildman–Crippen LogP) is 1.51. The van der Waals surface area contributed by atoms with Gasteiger partial charge in [-0.1, -0.05) is 26.0 Å². The van der Waals surface area contributed by atoms with Gasteiger partial charge in [0.05, 0.1) is 19.1 Å². The molecule has 0 saturated heterocycles. The molecule has 3 heteroatoms. The topological polar surface area (TPSA) is 46.5 Å². The zero-order valence-corrected chi connectivity index (χ0v) is 8.77. The minimum absolute atomic E-state index is 0.157. The number of aliphatic hydroxyl groups excluding tert-OH is 1. The van der Waals surface area contributed by atoms with Crippen LogP contribution in [0.3, 0.4) is 0 Å². The number of carbonyl (C=O) groups is 1. The number of hydrogen-bond acceptors (Lipinski definition) is 3. The molecule has 0 aromatic rings. The van der Waals surface area contributed by atoms with Crippen molar-refractivity contribution in [2.75, 3.05) is 6.61 Å². The van der Waals surface area contributed by atoms with E-state index < -0.39 is 0 Å². The smallest absolute Gasteiger partial charge is 0.306 e. The molecule has 0 fully saturated rings. The summed E-state index contributed by atoms with van der Waals surface area (Å²) in [7, 11) is 0. The van der Waals surface area contributed by atoms with Crippen LogP contribution in [0.4, 0.5) is 0 Å². The van der Waals surface area contributed by atoms with Gasteiger partial charge in [-0.2, -0.15) is 0 Å². The van der Waals surface area contributed by atoms with Crippen LogP contribution >= 0.6 is 0 Å². The van der Waals surface area contributed by atoms with Crippen LogP contribution < -0.4 is 0 Å². The maximum atomic E-state index is 11.3. The molecular weight excluding hydrogens is 180 g/mol. The molecule has 0 spiro atoms. The SMILES string of the molecule is CC(C)COC(=O)CC1C=CC(O)C1. The lowest BCUT2D eigenvalue weighted by molar-refractivity contribution is -0.145. The van der Waals surface area contributed by atoms with Crippen molar-refractivity contribution < 1.29 is 14.6 Å². The van der Waals surface area contributed by atoms with Gasteiger partial charge in [-0.05, 0) is 18.3 Å². The van der Waals surface area contributed by atoms with E-state index in [1.807, 2.05) is 19.9 Å². The lowest BCUT2D eigenvalue weighted by Gasteiger charge is -2.10. The van der Waals surface area contributed by atoms with Crippen LogP contribution in [-0.2, 0) is 9.53 Å². The highest BCUT2D eigenvalue weighted by atomic mass is 16.5. The van der Waals surface area contributed by atoms with Gasteiger partial charge in [0.1, 0.15) is 0 Å². The quantitative estimate of drug-likeness (QED) is 0.550. The van der Waals surface area contributed by atoms with Gasteiger partial charge < -0.3 is 9.84 Å². The van der Waals surface area contributed by atoms with E-state index >= 15 is 0 Å². The zero-order valence-electron chi connectivity index (χ0n) is 8.77. The third-order valence-electron chi connectivity index (χ3n) is 2.16. The Hall–Kier alpha value is -0.830. The van der Waals surface area contributed by atoms with Gasteiger partial charge in [-0.25, -0.2) is 0 Å². The van der Waals surface area contributed by atoms with Crippen LogP contribution in [0.1, 0.15) is 26.7 Å². The second-order valence-corrected chi connectivity index (χ2v) is 4.23. The first kappa shape index (κ1) is 11.2. The van der Waals surface area contributed by atoms with E-state index in [-0.39, 0.29) is 18.0 Å². The standard InChI is InChI=1S/C11H18O3/c1-8(2)7-14-11(13)6-9-3-4-10(12)5-9/h3-4,8-10,12H,5-7H2,1-2H3. The molecule has 1 N–H and O–H groups in total. The molecule has 0 saturated carbocycles. The number of rotatable bonds is 4. The van der Waals surface area contributed by atoms with Gasteiger partial charge in [0.25, 0.3) is 0 Å². The minimum Gasteiger partial charge on any atom is -0.465 e. The second kappa shape index (κ2) is 5.15. The van der Waals surface area contributed by atoms with Crippen molar-refractivity contribution in [2.24, 2.45) is 11.8 Å². The van der Waals surface area contributed by atoms with Gasteiger partial charge in [0.15, 0.2) is 0 Å². The van der Waals surface area contributed by atoms with Crippen molar-refractivity contribution in [1.82, 2.24) is 0 Å². The summed E-state index contributed by atoms with van der Waals surface area (Å²) in [5, 5.41) is 9.19. The predicted molar refractivity (Wildman–Crippen MR) is 53.7 cm³/mol. The van der Waals surface area contributed by atoms with E-state index in [1.54, 1.807) is 6.08 Å². The van der Waals surface area contributed by atoms with Gasteiger partial charge in [-0.15, -0.1) is 0 Å². The molecule has 0 aromatic heterocycles. The highest BCUT2D eigenvalue weighted by Gasteiger charge is 2.20. The van der Waals surface area contributed by atoms with E-state index in [0.717, 1.165) is 0 Å². The van der Waals surface area contributed by atoms with Crippen molar-refractivity contribution in [3.63, 3.8) is 0 Å². The van der Waals surface area contributed by atoms with Crippen molar-refractivity contribution in [3.8, 4) is 0 Å². The van der Waals surface area contributed by atoms with Crippen LogP contribution in [0.2, 0.25) is 0 Å². The number of allylic oxidation sites excluding steroid dienone is 1. The summed E-state index contributed by atoms with van der Waals surface area (Å²) in [5.41, 5.74) is 0. The van der Waals surface area contributed by atoms with Gasteiger partial charge in [0.2, 0.25) is 0 Å². The maximum Gasteiger partial charge on any atom is 0.306 e. The molecule has 0 radical (unpaired) electrons. The molecule has 14 heavy (non-hydrogen) atoms. The fraction of sp³-hybridized carbons (Fsp3) is 0.727. The number of carbonyl (C=O) groups excluding carboxylic acids is 1. The lowest BCUT2D eigenvalue weighted by Crippen LogP contribution is -2.13. The summed E-state index contributed by atoms with van der Waals surface area (Å²) in [6, 6.07) is 0. The van der Waals surface area contributed by atoms with E-state index in [4.69, 9.17) is 4.74 Å². The average molecular weight is 198 g/mol. The third kappa shape index (κ3) is 3.92. The molecule has 0 bridgehead atoms. The molecule has 2 atom stereocenters. The van der Waals surface area contributed by atoms with Gasteiger partial charge in [0, 0.05) is 0 Å². The molecule has 0 aromatic carbocycles. The zero-order chi connectivity index (χ0) is 10.6. The second-order valence-electron chi connectivity index (χ2n) is 4.23. The molecule has 1 rings (SSSR count). The Morgan fingerprint density at radius 1 is 1.57 bits per heavy atom. The first-order valence-electron chi connectivity index (χ1n) is 5.10. The Labute approximate surface area is 84.8 Å². The summed E-state index contributed by atoms with van der Waals surface area (Å²) >= 11 is 0. The van der Waals surface area contributed by atoms with Crippen LogP contribution in [0.25, 0.3) is 0 Å². The molecule has 0 amide bonds. The Morgan fingerprint density at radius 2 is 2.29 bits per heavy atom. The van der Waals surface area contributed by atoms with E-state index in [9.17, 15) is 9.90 Å². The van der Waals surface area contributed by atoms with E-state index in [2.05, 4.69) is 0 Å². The van der Waals surface area contributed by atoms with E-state index in [0.29, 0.717) is 25.4 Å². The molecule has 0 aliphatic heterocycles. The molecular formula is C11H18O3. The van der Waals surface area contributed by atoms with Crippen LogP contribution in [0.15, 0.2) is 12.2 Å². The Morgan fingerprint density at radius 3 is 2.79 bits per heavy atom. The minimum atomic E-state index is -0.377. The number of esters is 1. The number of hydrogen-bond donors (Lipinski definition) is 1. The summed E-state index contributed by atoms with van der Waals surface area (Å²) in [4.78, 5) is 11.3. The Bertz CT molecular complexity index is 221. The van der Waals surface area contributed by atoms with E-state index in [1.165, 1.54) is 0 Å². The largest absolute Gasteiger partial charge is 0.465 e. The highest BCUT2D eigenvalue weighted by molar-refractivity contribution is 5.70. The first-order valence-corrected chi connectivity index (χ1v) is 5.10. The average Bonchev–Trinajstić information content (AvgIpc) is 2.48. The Balaban J connectivity index is 2.18. The maximum absolute atomic E-state index is 11.3. The van der Waals surface area contributed by atoms with Crippen molar-refractivity contribution in [3.05, 3.63) is 12.2 Å². The van der Waals surface area contributed by atoms with Crippen molar-refractivity contribution >= 4 is 5.97 Å². The summed E-state index contributed by atoms with van der Waals surface area (Å²) in [6.45, 7) is 4.50. The van der Waals surface area contributed by atoms with Crippen molar-refractivity contribution in [1.29, 1.82) is 0 Å². The highest BCUT2D eigenvalue weighted by Crippen LogP contribution is 2.21. The Kier molecular flexibility index (Phi) is 4.14.